The molecule has 0 fully saturated rings. The van der Waals surface area contributed by atoms with Crippen LogP contribution in [0.25, 0.3) is 0 Å². The number of carbonyl (C=O) groups excluding carboxylic acids is 1. The third kappa shape index (κ3) is 5.20. The molecule has 0 radical (unpaired) electrons. The highest BCUT2D eigenvalue weighted by Gasteiger charge is 2.01. The van der Waals surface area contributed by atoms with Gasteiger partial charge in [0.2, 0.25) is 0 Å². The van der Waals surface area contributed by atoms with Crippen LogP contribution in [0.5, 0.6) is 11.5 Å². The zero-order valence-electron chi connectivity index (χ0n) is 10.1. The largest absolute Gasteiger partial charge is 0.493 e. The summed E-state index contributed by atoms with van der Waals surface area (Å²) < 4.78 is 10.5. The summed E-state index contributed by atoms with van der Waals surface area (Å²) in [7, 11) is 0. The summed E-state index contributed by atoms with van der Waals surface area (Å²) in [4.78, 5) is 11.0. The smallest absolute Gasteiger partial charge is 0.335 e. The van der Waals surface area contributed by atoms with Crippen LogP contribution < -0.4 is 9.47 Å². The normalized spacial score (nSPS) is 9.71. The molecule has 0 heterocycles. The first-order valence-electron chi connectivity index (χ1n) is 5.83. The molecule has 0 atom stereocenters. The molecule has 0 aliphatic heterocycles. The van der Waals surface area contributed by atoms with Crippen LogP contribution in [0.3, 0.4) is 0 Å². The number of esters is 1. The van der Waals surface area contributed by atoms with Gasteiger partial charge in [-0.3, -0.25) is 0 Å². The molecule has 17 heavy (non-hydrogen) atoms. The van der Waals surface area contributed by atoms with Crippen LogP contribution in [0.15, 0.2) is 36.9 Å². The number of ether oxygens (including phenoxy) is 2. The molecule has 3 heteroatoms. The Hall–Kier alpha value is -1.77. The molecular formula is C14H18O3. The van der Waals surface area contributed by atoms with E-state index in [0.717, 1.165) is 24.7 Å². The highest BCUT2D eigenvalue weighted by Crippen LogP contribution is 2.19. The van der Waals surface area contributed by atoms with E-state index in [1.165, 1.54) is 6.42 Å². The molecule has 3 nitrogen and oxygen atoms in total. The van der Waals surface area contributed by atoms with E-state index < -0.39 is 5.97 Å². The molecule has 0 amide bonds. The number of carbonyl (C=O) groups is 1. The number of hydrogen-bond acceptors (Lipinski definition) is 3. The number of rotatable bonds is 7. The quantitative estimate of drug-likeness (QED) is 0.314. The second-order valence-electron chi connectivity index (χ2n) is 3.66. The summed E-state index contributed by atoms with van der Waals surface area (Å²) in [5, 5.41) is 0. The van der Waals surface area contributed by atoms with Crippen molar-refractivity contribution in [2.24, 2.45) is 0 Å². The van der Waals surface area contributed by atoms with Gasteiger partial charge in [0.25, 0.3) is 0 Å². The van der Waals surface area contributed by atoms with E-state index in [1.807, 2.05) is 6.07 Å². The Labute approximate surface area is 102 Å². The molecule has 0 aliphatic rings. The van der Waals surface area contributed by atoms with E-state index in [9.17, 15) is 4.79 Å². The lowest BCUT2D eigenvalue weighted by molar-refractivity contribution is -0.128. The van der Waals surface area contributed by atoms with E-state index in [-0.39, 0.29) is 0 Å². The number of benzene rings is 1. The van der Waals surface area contributed by atoms with Crippen molar-refractivity contribution in [3.05, 3.63) is 36.9 Å². The van der Waals surface area contributed by atoms with E-state index in [0.29, 0.717) is 12.4 Å². The fourth-order valence-corrected chi connectivity index (χ4v) is 1.33. The summed E-state index contributed by atoms with van der Waals surface area (Å²) in [6, 6.07) is 7.05. The van der Waals surface area contributed by atoms with Crippen LogP contribution in [0, 0.1) is 0 Å². The fraction of sp³-hybridized carbons (Fsp3) is 0.357. The van der Waals surface area contributed by atoms with Crippen molar-refractivity contribution in [1.82, 2.24) is 0 Å². The molecule has 0 bridgehead atoms. The Bertz CT molecular complexity index is 371. The predicted octanol–water partition coefficient (Wildman–Crippen LogP) is 3.35. The highest BCUT2D eigenvalue weighted by molar-refractivity contribution is 5.83. The standard InChI is InChI=1S/C14H18O3/c1-3-5-6-10-16-12-8-7-9-13(11-12)17-14(15)4-2/h4,7-9,11H,2-3,5-6,10H2,1H3. The maximum atomic E-state index is 11.0. The highest BCUT2D eigenvalue weighted by atomic mass is 16.5. The topological polar surface area (TPSA) is 35.5 Å². The minimum atomic E-state index is -0.465. The van der Waals surface area contributed by atoms with Crippen molar-refractivity contribution in [2.75, 3.05) is 6.61 Å². The SMILES string of the molecule is C=CC(=O)Oc1cccc(OCCCCC)c1. The van der Waals surface area contributed by atoms with Crippen LogP contribution >= 0.6 is 0 Å². The molecule has 1 rings (SSSR count). The average molecular weight is 234 g/mol. The van der Waals surface area contributed by atoms with Gasteiger partial charge in [-0.25, -0.2) is 4.79 Å². The molecule has 0 N–H and O–H groups in total. The average Bonchev–Trinajstić information content (AvgIpc) is 2.35. The summed E-state index contributed by atoms with van der Waals surface area (Å²) >= 11 is 0. The van der Waals surface area contributed by atoms with Crippen LogP contribution in [0.2, 0.25) is 0 Å². The molecule has 0 saturated carbocycles. The molecule has 0 aliphatic carbocycles. The second kappa shape index (κ2) is 7.49. The Morgan fingerprint density at radius 1 is 1.35 bits per heavy atom. The summed E-state index contributed by atoms with van der Waals surface area (Å²) in [6.45, 7) is 6.18. The van der Waals surface area contributed by atoms with Gasteiger partial charge in [-0.2, -0.15) is 0 Å². The van der Waals surface area contributed by atoms with Crippen molar-refractivity contribution < 1.29 is 14.3 Å². The molecule has 0 unspecified atom stereocenters. The summed E-state index contributed by atoms with van der Waals surface area (Å²) in [5.74, 6) is 0.728. The van der Waals surface area contributed by atoms with Crippen molar-refractivity contribution in [2.45, 2.75) is 26.2 Å². The van der Waals surface area contributed by atoms with Gasteiger partial charge in [-0.1, -0.05) is 32.4 Å². The minimum absolute atomic E-state index is 0.465. The molecular weight excluding hydrogens is 216 g/mol. The molecule has 0 saturated heterocycles. The van der Waals surface area contributed by atoms with Gasteiger partial charge in [-0.15, -0.1) is 0 Å². The maximum absolute atomic E-state index is 11.0. The second-order valence-corrected chi connectivity index (χ2v) is 3.66. The van der Waals surface area contributed by atoms with Crippen molar-refractivity contribution in [3.8, 4) is 11.5 Å². The molecule has 1 aromatic carbocycles. The zero-order chi connectivity index (χ0) is 12.5. The van der Waals surface area contributed by atoms with Crippen molar-refractivity contribution in [3.63, 3.8) is 0 Å². The van der Waals surface area contributed by atoms with Gasteiger partial charge in [0, 0.05) is 12.1 Å². The monoisotopic (exact) mass is 234 g/mol. The predicted molar refractivity (Wildman–Crippen MR) is 67.3 cm³/mol. The van der Waals surface area contributed by atoms with E-state index in [2.05, 4.69) is 13.5 Å². The van der Waals surface area contributed by atoms with Gasteiger partial charge >= 0.3 is 5.97 Å². The third-order valence-corrected chi connectivity index (χ3v) is 2.21. The van der Waals surface area contributed by atoms with E-state index >= 15 is 0 Å². The van der Waals surface area contributed by atoms with Gasteiger partial charge in [-0.05, 0) is 18.6 Å². The first-order chi connectivity index (χ1) is 8.26. The maximum Gasteiger partial charge on any atom is 0.335 e. The Morgan fingerprint density at radius 3 is 2.82 bits per heavy atom. The Kier molecular flexibility index (Phi) is 5.86. The lowest BCUT2D eigenvalue weighted by atomic mass is 10.3. The van der Waals surface area contributed by atoms with Crippen LogP contribution in [-0.2, 0) is 4.79 Å². The lowest BCUT2D eigenvalue weighted by Gasteiger charge is -2.07. The van der Waals surface area contributed by atoms with E-state index in [1.54, 1.807) is 18.2 Å². The molecule has 0 spiro atoms. The van der Waals surface area contributed by atoms with Gasteiger partial charge in [0.05, 0.1) is 6.61 Å². The first kappa shape index (κ1) is 13.3. The van der Waals surface area contributed by atoms with Crippen LogP contribution in [-0.4, -0.2) is 12.6 Å². The number of unbranched alkanes of at least 4 members (excludes halogenated alkanes) is 2. The van der Waals surface area contributed by atoms with Crippen LogP contribution in [0.1, 0.15) is 26.2 Å². The third-order valence-electron chi connectivity index (χ3n) is 2.21. The zero-order valence-corrected chi connectivity index (χ0v) is 10.1. The molecule has 92 valence electrons. The minimum Gasteiger partial charge on any atom is -0.493 e. The van der Waals surface area contributed by atoms with Crippen molar-refractivity contribution >= 4 is 5.97 Å². The van der Waals surface area contributed by atoms with Gasteiger partial charge < -0.3 is 9.47 Å². The fourth-order valence-electron chi connectivity index (χ4n) is 1.33. The Morgan fingerprint density at radius 2 is 2.12 bits per heavy atom. The first-order valence-corrected chi connectivity index (χ1v) is 5.83. The summed E-state index contributed by atoms with van der Waals surface area (Å²) in [5.41, 5.74) is 0. The van der Waals surface area contributed by atoms with Crippen LogP contribution in [0.4, 0.5) is 0 Å². The van der Waals surface area contributed by atoms with Gasteiger partial charge in [0.1, 0.15) is 11.5 Å². The molecule has 0 aromatic heterocycles. The molecule has 1 aromatic rings. The van der Waals surface area contributed by atoms with E-state index in [4.69, 9.17) is 9.47 Å². The van der Waals surface area contributed by atoms with Gasteiger partial charge in [0.15, 0.2) is 0 Å². The lowest BCUT2D eigenvalue weighted by Crippen LogP contribution is -2.03. The number of hydrogen-bond donors (Lipinski definition) is 0. The van der Waals surface area contributed by atoms with Crippen molar-refractivity contribution in [1.29, 1.82) is 0 Å². The Balaban J connectivity index is 2.47. The summed E-state index contributed by atoms with van der Waals surface area (Å²) in [6.07, 6.45) is 4.49.